The highest BCUT2D eigenvalue weighted by Crippen LogP contribution is 2.34. The van der Waals surface area contributed by atoms with Crippen LogP contribution in [0.3, 0.4) is 0 Å². The number of nitro benzene ring substituents is 1. The lowest BCUT2D eigenvalue weighted by atomic mass is 10.1. The summed E-state index contributed by atoms with van der Waals surface area (Å²) in [6.07, 6.45) is 4.35. The van der Waals surface area contributed by atoms with Gasteiger partial charge in [0.1, 0.15) is 5.82 Å². The molecule has 7 nitrogen and oxygen atoms in total. The Kier molecular flexibility index (Phi) is 3.47. The smallest absolute Gasteiger partial charge is 0.280 e. The molecule has 7 heteroatoms. The highest BCUT2D eigenvalue weighted by Gasteiger charge is 2.23. The summed E-state index contributed by atoms with van der Waals surface area (Å²) in [4.78, 5) is 23.4. The molecule has 1 aliphatic carbocycles. The van der Waals surface area contributed by atoms with Crippen LogP contribution >= 0.6 is 0 Å². The summed E-state index contributed by atoms with van der Waals surface area (Å²) in [5.41, 5.74) is 6.10. The summed E-state index contributed by atoms with van der Waals surface area (Å²) >= 11 is 0. The predicted octanol–water partition coefficient (Wildman–Crippen LogP) is 2.69. The van der Waals surface area contributed by atoms with E-state index in [0.717, 1.165) is 25.7 Å². The Hall–Kier alpha value is -2.57. The molecule has 0 aliphatic heterocycles. The summed E-state index contributed by atoms with van der Waals surface area (Å²) in [7, 11) is 0. The van der Waals surface area contributed by atoms with Crippen LogP contribution in [0.2, 0.25) is 0 Å². The minimum absolute atomic E-state index is 0.0273. The Balaban J connectivity index is 2.08. The van der Waals surface area contributed by atoms with Crippen LogP contribution in [0, 0.1) is 10.1 Å². The van der Waals surface area contributed by atoms with Gasteiger partial charge in [0.15, 0.2) is 5.82 Å². The number of nitrogens with two attached hydrogens (primary N) is 1. The number of para-hydroxylation sites is 1. The Morgan fingerprint density at radius 3 is 2.57 bits per heavy atom. The van der Waals surface area contributed by atoms with E-state index in [-0.39, 0.29) is 23.4 Å². The molecule has 2 aromatic rings. The molecular formula is C14H15N5O2. The first-order valence-corrected chi connectivity index (χ1v) is 6.90. The van der Waals surface area contributed by atoms with Gasteiger partial charge in [-0.05, 0) is 18.9 Å². The van der Waals surface area contributed by atoms with Crippen molar-refractivity contribution in [2.24, 2.45) is 0 Å². The van der Waals surface area contributed by atoms with Crippen molar-refractivity contribution < 1.29 is 4.92 Å². The molecule has 0 atom stereocenters. The molecule has 0 saturated heterocycles. The highest BCUT2D eigenvalue weighted by atomic mass is 16.6. The summed E-state index contributed by atoms with van der Waals surface area (Å²) in [5, 5.41) is 11.1. The van der Waals surface area contributed by atoms with Gasteiger partial charge in [0.05, 0.1) is 10.5 Å². The zero-order chi connectivity index (χ0) is 14.8. The van der Waals surface area contributed by atoms with Crippen LogP contribution in [0.1, 0.15) is 37.4 Å². The van der Waals surface area contributed by atoms with E-state index >= 15 is 0 Å². The molecule has 1 fully saturated rings. The summed E-state index contributed by atoms with van der Waals surface area (Å²) in [5.74, 6) is 1.31. The van der Waals surface area contributed by atoms with E-state index in [4.69, 9.17) is 5.73 Å². The SMILES string of the molecule is Nc1nc(-c2ccccc2[N+](=O)[O-])nc(C2CCCC2)n1. The molecule has 108 valence electrons. The Bertz CT molecular complexity index is 683. The first-order valence-electron chi connectivity index (χ1n) is 6.90. The van der Waals surface area contributed by atoms with Crippen molar-refractivity contribution in [2.45, 2.75) is 31.6 Å². The van der Waals surface area contributed by atoms with Gasteiger partial charge in [-0.3, -0.25) is 10.1 Å². The molecule has 0 unspecified atom stereocenters. The molecule has 21 heavy (non-hydrogen) atoms. The monoisotopic (exact) mass is 285 g/mol. The van der Waals surface area contributed by atoms with Crippen LogP contribution in [0.5, 0.6) is 0 Å². The zero-order valence-electron chi connectivity index (χ0n) is 11.4. The summed E-state index contributed by atoms with van der Waals surface area (Å²) < 4.78 is 0. The Morgan fingerprint density at radius 2 is 1.86 bits per heavy atom. The van der Waals surface area contributed by atoms with Crippen LogP contribution in [0.15, 0.2) is 24.3 Å². The number of nitrogen functional groups attached to an aromatic ring is 1. The second-order valence-corrected chi connectivity index (χ2v) is 5.13. The number of nitro groups is 1. The predicted molar refractivity (Wildman–Crippen MR) is 77.5 cm³/mol. The average molecular weight is 285 g/mol. The van der Waals surface area contributed by atoms with E-state index in [1.807, 2.05) is 0 Å². The minimum Gasteiger partial charge on any atom is -0.368 e. The van der Waals surface area contributed by atoms with E-state index < -0.39 is 4.92 Å². The maximum Gasteiger partial charge on any atom is 0.280 e. The van der Waals surface area contributed by atoms with Crippen LogP contribution < -0.4 is 5.73 Å². The van der Waals surface area contributed by atoms with E-state index in [1.165, 1.54) is 6.07 Å². The van der Waals surface area contributed by atoms with Crippen molar-refractivity contribution in [2.75, 3.05) is 5.73 Å². The first-order chi connectivity index (χ1) is 10.1. The number of aromatic nitrogens is 3. The third kappa shape index (κ3) is 2.67. The molecule has 0 radical (unpaired) electrons. The van der Waals surface area contributed by atoms with Gasteiger partial charge in [-0.1, -0.05) is 25.0 Å². The third-order valence-electron chi connectivity index (χ3n) is 3.73. The van der Waals surface area contributed by atoms with Crippen molar-refractivity contribution >= 4 is 11.6 Å². The Labute approximate surface area is 121 Å². The average Bonchev–Trinajstić information content (AvgIpc) is 3.01. The number of rotatable bonds is 3. The number of nitrogens with zero attached hydrogens (tertiary/aromatic N) is 4. The molecule has 0 amide bonds. The van der Waals surface area contributed by atoms with Crippen LogP contribution in [-0.4, -0.2) is 19.9 Å². The lowest BCUT2D eigenvalue weighted by Crippen LogP contribution is -2.08. The lowest BCUT2D eigenvalue weighted by Gasteiger charge is -2.09. The standard InChI is InChI=1S/C14H15N5O2/c15-14-17-12(9-5-1-2-6-9)16-13(18-14)10-7-3-4-8-11(10)19(20)21/h3-4,7-9H,1-2,5-6H2,(H2,15,16,17,18). The molecule has 1 heterocycles. The topological polar surface area (TPSA) is 108 Å². The molecule has 0 spiro atoms. The fraction of sp³-hybridized carbons (Fsp3) is 0.357. The fourth-order valence-corrected chi connectivity index (χ4v) is 2.72. The lowest BCUT2D eigenvalue weighted by molar-refractivity contribution is -0.384. The van der Waals surface area contributed by atoms with Gasteiger partial charge in [0, 0.05) is 12.0 Å². The van der Waals surface area contributed by atoms with Gasteiger partial charge < -0.3 is 5.73 Å². The van der Waals surface area contributed by atoms with Crippen molar-refractivity contribution in [3.05, 3.63) is 40.2 Å². The quantitative estimate of drug-likeness (QED) is 0.686. The van der Waals surface area contributed by atoms with Gasteiger partial charge in [-0.2, -0.15) is 9.97 Å². The molecule has 0 bridgehead atoms. The van der Waals surface area contributed by atoms with Crippen molar-refractivity contribution in [1.29, 1.82) is 0 Å². The highest BCUT2D eigenvalue weighted by molar-refractivity contribution is 5.68. The van der Waals surface area contributed by atoms with Crippen LogP contribution in [0.25, 0.3) is 11.4 Å². The molecular weight excluding hydrogens is 270 g/mol. The van der Waals surface area contributed by atoms with E-state index in [0.29, 0.717) is 11.4 Å². The largest absolute Gasteiger partial charge is 0.368 e. The second kappa shape index (κ2) is 5.43. The normalized spacial score (nSPS) is 15.2. The molecule has 3 rings (SSSR count). The molecule has 1 aromatic carbocycles. The number of hydrogen-bond donors (Lipinski definition) is 1. The first kappa shape index (κ1) is 13.4. The zero-order valence-corrected chi connectivity index (χ0v) is 11.4. The number of benzene rings is 1. The molecule has 1 saturated carbocycles. The van der Waals surface area contributed by atoms with Gasteiger partial charge in [0.2, 0.25) is 5.95 Å². The van der Waals surface area contributed by atoms with E-state index in [2.05, 4.69) is 15.0 Å². The molecule has 1 aliphatic rings. The van der Waals surface area contributed by atoms with Gasteiger partial charge in [0.25, 0.3) is 5.69 Å². The minimum atomic E-state index is -0.440. The fourth-order valence-electron chi connectivity index (χ4n) is 2.72. The van der Waals surface area contributed by atoms with Crippen molar-refractivity contribution in [3.8, 4) is 11.4 Å². The van der Waals surface area contributed by atoms with E-state index in [9.17, 15) is 10.1 Å². The second-order valence-electron chi connectivity index (χ2n) is 5.13. The summed E-state index contributed by atoms with van der Waals surface area (Å²) in [6.45, 7) is 0. The van der Waals surface area contributed by atoms with Crippen LogP contribution in [-0.2, 0) is 0 Å². The molecule has 1 aromatic heterocycles. The third-order valence-corrected chi connectivity index (χ3v) is 3.73. The number of anilines is 1. The number of hydrogen-bond acceptors (Lipinski definition) is 6. The summed E-state index contributed by atoms with van der Waals surface area (Å²) in [6, 6.07) is 6.40. The van der Waals surface area contributed by atoms with Crippen LogP contribution in [0.4, 0.5) is 11.6 Å². The van der Waals surface area contributed by atoms with E-state index in [1.54, 1.807) is 18.2 Å². The van der Waals surface area contributed by atoms with Crippen molar-refractivity contribution in [1.82, 2.24) is 15.0 Å². The van der Waals surface area contributed by atoms with Gasteiger partial charge in [-0.25, -0.2) is 4.98 Å². The maximum absolute atomic E-state index is 11.1. The maximum atomic E-state index is 11.1. The Morgan fingerprint density at radius 1 is 1.14 bits per heavy atom. The van der Waals surface area contributed by atoms with Gasteiger partial charge in [-0.15, -0.1) is 0 Å². The molecule has 2 N–H and O–H groups in total. The van der Waals surface area contributed by atoms with Gasteiger partial charge >= 0.3 is 0 Å². The van der Waals surface area contributed by atoms with Crippen molar-refractivity contribution in [3.63, 3.8) is 0 Å².